The first-order chi connectivity index (χ1) is 17.2. The van der Waals surface area contributed by atoms with E-state index in [4.69, 9.17) is 9.47 Å². The minimum atomic E-state index is 0.121. The molecular formula is C32H35NO2. The molecule has 2 atom stereocenters. The second-order valence-electron chi connectivity index (χ2n) is 9.74. The first-order valence-corrected chi connectivity index (χ1v) is 12.8. The molecule has 1 heterocycles. The Bertz CT molecular complexity index is 1230. The van der Waals surface area contributed by atoms with Crippen molar-refractivity contribution in [2.75, 3.05) is 33.4 Å². The number of rotatable bonds is 8. The SMILES string of the molecule is COc1ccc(C(c2ccc(OCCN3CCCC(C)C3)cc2)c2cccc3ccccc23)cc1. The molecule has 0 spiro atoms. The van der Waals surface area contributed by atoms with Crippen LogP contribution in [-0.4, -0.2) is 38.3 Å². The van der Waals surface area contributed by atoms with Gasteiger partial charge in [-0.3, -0.25) is 4.90 Å². The highest BCUT2D eigenvalue weighted by molar-refractivity contribution is 5.87. The van der Waals surface area contributed by atoms with Gasteiger partial charge in [0.05, 0.1) is 7.11 Å². The lowest BCUT2D eigenvalue weighted by Crippen LogP contribution is -2.37. The summed E-state index contributed by atoms with van der Waals surface area (Å²) in [5, 5.41) is 2.54. The summed E-state index contributed by atoms with van der Waals surface area (Å²) in [6.45, 7) is 6.47. The molecule has 1 aliphatic heterocycles. The van der Waals surface area contributed by atoms with E-state index in [1.165, 1.54) is 53.4 Å². The van der Waals surface area contributed by atoms with Crippen LogP contribution in [0.4, 0.5) is 0 Å². The van der Waals surface area contributed by atoms with E-state index in [1.54, 1.807) is 7.11 Å². The summed E-state index contributed by atoms with van der Waals surface area (Å²) >= 11 is 0. The van der Waals surface area contributed by atoms with Gasteiger partial charge in [-0.25, -0.2) is 0 Å². The molecule has 3 nitrogen and oxygen atoms in total. The standard InChI is InChI=1S/C32H35NO2/c1-24-7-6-20-33(23-24)21-22-35-29-18-14-27(15-19-29)32(26-12-16-28(34-2)17-13-26)31-11-5-9-25-8-3-4-10-30(25)31/h3-5,8-19,24,32H,6-7,20-23H2,1-2H3. The molecule has 1 aliphatic rings. The van der Waals surface area contributed by atoms with Crippen LogP contribution < -0.4 is 9.47 Å². The van der Waals surface area contributed by atoms with Gasteiger partial charge >= 0.3 is 0 Å². The molecule has 0 bridgehead atoms. The summed E-state index contributed by atoms with van der Waals surface area (Å²) in [7, 11) is 1.71. The number of nitrogens with zero attached hydrogens (tertiary/aromatic N) is 1. The Morgan fingerprint density at radius 2 is 1.51 bits per heavy atom. The zero-order valence-corrected chi connectivity index (χ0v) is 20.8. The average molecular weight is 466 g/mol. The lowest BCUT2D eigenvalue weighted by atomic mass is 9.83. The molecule has 2 unspecified atom stereocenters. The van der Waals surface area contributed by atoms with Gasteiger partial charge in [0.2, 0.25) is 0 Å². The van der Waals surface area contributed by atoms with Crippen LogP contribution in [0.3, 0.4) is 0 Å². The van der Waals surface area contributed by atoms with Crippen LogP contribution in [0.5, 0.6) is 11.5 Å². The van der Waals surface area contributed by atoms with Gasteiger partial charge in [-0.15, -0.1) is 0 Å². The minimum Gasteiger partial charge on any atom is -0.497 e. The van der Waals surface area contributed by atoms with Gasteiger partial charge in [0, 0.05) is 19.0 Å². The fraction of sp³-hybridized carbons (Fsp3) is 0.312. The number of hydrogen-bond donors (Lipinski definition) is 0. The molecule has 0 amide bonds. The van der Waals surface area contributed by atoms with Gasteiger partial charge < -0.3 is 9.47 Å². The molecule has 0 aromatic heterocycles. The molecule has 1 fully saturated rings. The first-order valence-electron chi connectivity index (χ1n) is 12.8. The van der Waals surface area contributed by atoms with E-state index in [1.807, 2.05) is 12.1 Å². The molecule has 0 aliphatic carbocycles. The highest BCUT2D eigenvalue weighted by Crippen LogP contribution is 2.37. The van der Waals surface area contributed by atoms with Crippen molar-refractivity contribution in [2.24, 2.45) is 5.92 Å². The maximum absolute atomic E-state index is 6.13. The van der Waals surface area contributed by atoms with Gasteiger partial charge in [-0.05, 0) is 77.0 Å². The summed E-state index contributed by atoms with van der Waals surface area (Å²) in [6, 6.07) is 32.4. The molecule has 35 heavy (non-hydrogen) atoms. The van der Waals surface area contributed by atoms with Crippen molar-refractivity contribution in [3.63, 3.8) is 0 Å². The van der Waals surface area contributed by atoms with E-state index >= 15 is 0 Å². The van der Waals surface area contributed by atoms with E-state index in [9.17, 15) is 0 Å². The highest BCUT2D eigenvalue weighted by Gasteiger charge is 2.20. The van der Waals surface area contributed by atoms with Crippen LogP contribution in [-0.2, 0) is 0 Å². The summed E-state index contributed by atoms with van der Waals surface area (Å²) in [4.78, 5) is 2.53. The second-order valence-corrected chi connectivity index (χ2v) is 9.74. The number of benzene rings is 4. The predicted molar refractivity (Wildman–Crippen MR) is 145 cm³/mol. The van der Waals surface area contributed by atoms with Gasteiger partial charge in [0.1, 0.15) is 18.1 Å². The maximum Gasteiger partial charge on any atom is 0.119 e. The molecule has 1 saturated heterocycles. The Morgan fingerprint density at radius 1 is 0.829 bits per heavy atom. The largest absolute Gasteiger partial charge is 0.497 e. The molecule has 4 aromatic rings. The Kier molecular flexibility index (Phi) is 7.34. The fourth-order valence-electron chi connectivity index (χ4n) is 5.39. The summed E-state index contributed by atoms with van der Waals surface area (Å²) in [5.74, 6) is 2.73. The Labute approximate surface area is 209 Å². The van der Waals surface area contributed by atoms with Crippen LogP contribution in [0.25, 0.3) is 10.8 Å². The van der Waals surface area contributed by atoms with Crippen LogP contribution in [0.1, 0.15) is 42.4 Å². The van der Waals surface area contributed by atoms with Crippen molar-refractivity contribution in [3.05, 3.63) is 108 Å². The predicted octanol–water partition coefficient (Wildman–Crippen LogP) is 7.14. The van der Waals surface area contributed by atoms with E-state index in [0.29, 0.717) is 0 Å². The first kappa shape index (κ1) is 23.4. The van der Waals surface area contributed by atoms with Gasteiger partial charge in [0.25, 0.3) is 0 Å². The third kappa shape index (κ3) is 5.52. The number of methoxy groups -OCH3 is 1. The van der Waals surface area contributed by atoms with Crippen LogP contribution >= 0.6 is 0 Å². The van der Waals surface area contributed by atoms with Crippen molar-refractivity contribution in [3.8, 4) is 11.5 Å². The average Bonchev–Trinajstić information content (AvgIpc) is 2.90. The van der Waals surface area contributed by atoms with Crippen molar-refractivity contribution in [1.82, 2.24) is 4.90 Å². The summed E-state index contributed by atoms with van der Waals surface area (Å²) in [5.41, 5.74) is 3.81. The Hall–Kier alpha value is -3.30. The van der Waals surface area contributed by atoms with Crippen LogP contribution in [0.15, 0.2) is 91.0 Å². The maximum atomic E-state index is 6.13. The zero-order valence-electron chi connectivity index (χ0n) is 20.8. The molecule has 180 valence electrons. The number of hydrogen-bond acceptors (Lipinski definition) is 3. The topological polar surface area (TPSA) is 21.7 Å². The van der Waals surface area contributed by atoms with E-state index in [0.717, 1.165) is 30.6 Å². The number of fused-ring (bicyclic) bond motifs is 1. The smallest absolute Gasteiger partial charge is 0.119 e. The molecule has 4 aromatic carbocycles. The van der Waals surface area contributed by atoms with E-state index in [-0.39, 0.29) is 5.92 Å². The van der Waals surface area contributed by atoms with Gasteiger partial charge in [0.15, 0.2) is 0 Å². The monoisotopic (exact) mass is 465 g/mol. The zero-order chi connectivity index (χ0) is 24.0. The summed E-state index contributed by atoms with van der Waals surface area (Å²) in [6.07, 6.45) is 2.65. The lowest BCUT2D eigenvalue weighted by molar-refractivity contribution is 0.153. The Balaban J connectivity index is 1.39. The third-order valence-corrected chi connectivity index (χ3v) is 7.21. The van der Waals surface area contributed by atoms with Crippen LogP contribution in [0, 0.1) is 5.92 Å². The van der Waals surface area contributed by atoms with Gasteiger partial charge in [-0.1, -0.05) is 73.7 Å². The van der Waals surface area contributed by atoms with Crippen molar-refractivity contribution in [1.29, 1.82) is 0 Å². The van der Waals surface area contributed by atoms with Gasteiger partial charge in [-0.2, -0.15) is 0 Å². The Morgan fingerprint density at radius 3 is 2.23 bits per heavy atom. The van der Waals surface area contributed by atoms with Crippen molar-refractivity contribution >= 4 is 10.8 Å². The van der Waals surface area contributed by atoms with Crippen LogP contribution in [0.2, 0.25) is 0 Å². The highest BCUT2D eigenvalue weighted by atomic mass is 16.5. The fourth-order valence-corrected chi connectivity index (χ4v) is 5.39. The number of piperidine rings is 1. The molecule has 0 N–H and O–H groups in total. The van der Waals surface area contributed by atoms with E-state index in [2.05, 4.69) is 90.7 Å². The lowest BCUT2D eigenvalue weighted by Gasteiger charge is -2.30. The third-order valence-electron chi connectivity index (χ3n) is 7.21. The number of ether oxygens (including phenoxy) is 2. The van der Waals surface area contributed by atoms with Crippen molar-refractivity contribution in [2.45, 2.75) is 25.7 Å². The molecular weight excluding hydrogens is 430 g/mol. The summed E-state index contributed by atoms with van der Waals surface area (Å²) < 4.78 is 11.5. The van der Waals surface area contributed by atoms with E-state index < -0.39 is 0 Å². The minimum absolute atomic E-state index is 0.121. The second kappa shape index (κ2) is 11.0. The van der Waals surface area contributed by atoms with Crippen molar-refractivity contribution < 1.29 is 9.47 Å². The normalized spacial score (nSPS) is 17.3. The molecule has 5 rings (SSSR count). The quantitative estimate of drug-likeness (QED) is 0.258. The molecule has 0 radical (unpaired) electrons. The number of likely N-dealkylation sites (tertiary alicyclic amines) is 1. The molecule has 0 saturated carbocycles. The molecule has 3 heteroatoms.